The van der Waals surface area contributed by atoms with Gasteiger partial charge in [-0.2, -0.15) is 0 Å². The first-order valence-corrected chi connectivity index (χ1v) is 4.59. The molecule has 0 aliphatic carbocycles. The molecule has 0 aromatic carbocycles. The van der Waals surface area contributed by atoms with Crippen molar-refractivity contribution in [2.75, 3.05) is 19.7 Å². The van der Waals surface area contributed by atoms with Crippen LogP contribution in [0.1, 0.15) is 27.2 Å². The highest BCUT2D eigenvalue weighted by molar-refractivity contribution is 4.78. The summed E-state index contributed by atoms with van der Waals surface area (Å²) in [4.78, 5) is 0. The van der Waals surface area contributed by atoms with Gasteiger partial charge in [0.05, 0.1) is 17.8 Å². The smallest absolute Gasteiger partial charge is 0.0972 e. The molecular formula is C9H21NO3. The number of rotatable bonds is 6. The fraction of sp³-hybridized carbons (Fsp3) is 1.00. The standard InChI is InChI=1S/C9H21NO3/c1-4-8(2,12)5-10-6-9(3,13)7-11/h10-13H,4-7H2,1-3H3. The van der Waals surface area contributed by atoms with Crippen LogP contribution in [-0.4, -0.2) is 46.2 Å². The van der Waals surface area contributed by atoms with Crippen LogP contribution in [0.4, 0.5) is 0 Å². The third-order valence-corrected chi connectivity index (χ3v) is 2.11. The predicted octanol–water partition coefficient (Wildman–Crippen LogP) is -0.520. The van der Waals surface area contributed by atoms with Gasteiger partial charge < -0.3 is 20.6 Å². The average Bonchev–Trinajstić information content (AvgIpc) is 2.04. The van der Waals surface area contributed by atoms with Gasteiger partial charge in [-0.15, -0.1) is 0 Å². The molecule has 0 aliphatic heterocycles. The van der Waals surface area contributed by atoms with Gasteiger partial charge in [-0.05, 0) is 20.3 Å². The molecule has 0 radical (unpaired) electrons. The van der Waals surface area contributed by atoms with Crippen molar-refractivity contribution >= 4 is 0 Å². The van der Waals surface area contributed by atoms with E-state index in [0.717, 1.165) is 0 Å². The summed E-state index contributed by atoms with van der Waals surface area (Å²) >= 11 is 0. The van der Waals surface area contributed by atoms with E-state index in [1.807, 2.05) is 6.92 Å². The van der Waals surface area contributed by atoms with Gasteiger partial charge in [0.2, 0.25) is 0 Å². The summed E-state index contributed by atoms with van der Waals surface area (Å²) in [5, 5.41) is 30.6. The fourth-order valence-corrected chi connectivity index (χ4v) is 0.782. The van der Waals surface area contributed by atoms with E-state index >= 15 is 0 Å². The highest BCUT2D eigenvalue weighted by Gasteiger charge is 2.21. The molecule has 0 amide bonds. The van der Waals surface area contributed by atoms with Gasteiger partial charge in [0.25, 0.3) is 0 Å². The summed E-state index contributed by atoms with van der Waals surface area (Å²) in [7, 11) is 0. The van der Waals surface area contributed by atoms with E-state index in [-0.39, 0.29) is 13.2 Å². The molecule has 4 heteroatoms. The second-order valence-corrected chi connectivity index (χ2v) is 4.11. The minimum absolute atomic E-state index is 0.277. The van der Waals surface area contributed by atoms with Crippen LogP contribution >= 0.6 is 0 Å². The van der Waals surface area contributed by atoms with Crippen molar-refractivity contribution in [3.63, 3.8) is 0 Å². The van der Waals surface area contributed by atoms with E-state index in [0.29, 0.717) is 13.0 Å². The predicted molar refractivity (Wildman–Crippen MR) is 51.5 cm³/mol. The lowest BCUT2D eigenvalue weighted by molar-refractivity contribution is -0.00544. The highest BCUT2D eigenvalue weighted by Crippen LogP contribution is 2.06. The van der Waals surface area contributed by atoms with Gasteiger partial charge in [-0.1, -0.05) is 6.92 Å². The molecule has 2 atom stereocenters. The lowest BCUT2D eigenvalue weighted by Crippen LogP contribution is -2.46. The van der Waals surface area contributed by atoms with Crippen molar-refractivity contribution in [1.82, 2.24) is 5.32 Å². The first-order valence-electron chi connectivity index (χ1n) is 4.59. The molecule has 0 aromatic rings. The van der Waals surface area contributed by atoms with Gasteiger partial charge in [-0.3, -0.25) is 0 Å². The van der Waals surface area contributed by atoms with E-state index < -0.39 is 11.2 Å². The Kier molecular flexibility index (Phi) is 4.85. The molecule has 80 valence electrons. The van der Waals surface area contributed by atoms with Crippen LogP contribution in [0.2, 0.25) is 0 Å². The topological polar surface area (TPSA) is 72.7 Å². The number of nitrogens with one attached hydrogen (secondary N) is 1. The quantitative estimate of drug-likeness (QED) is 0.456. The van der Waals surface area contributed by atoms with Gasteiger partial charge in [0, 0.05) is 13.1 Å². The molecule has 0 saturated carbocycles. The number of aliphatic hydroxyl groups is 3. The minimum atomic E-state index is -1.11. The Morgan fingerprint density at radius 3 is 1.92 bits per heavy atom. The van der Waals surface area contributed by atoms with E-state index in [1.165, 1.54) is 0 Å². The molecule has 13 heavy (non-hydrogen) atoms. The number of aliphatic hydroxyl groups excluding tert-OH is 1. The maximum absolute atomic E-state index is 9.59. The van der Waals surface area contributed by atoms with Crippen LogP contribution in [-0.2, 0) is 0 Å². The number of hydrogen-bond acceptors (Lipinski definition) is 4. The normalized spacial score (nSPS) is 20.8. The summed E-state index contributed by atoms with van der Waals surface area (Å²) < 4.78 is 0. The molecule has 0 saturated heterocycles. The van der Waals surface area contributed by atoms with Crippen LogP contribution in [0.25, 0.3) is 0 Å². The molecule has 0 bridgehead atoms. The first-order chi connectivity index (χ1) is 5.83. The number of hydrogen-bond donors (Lipinski definition) is 4. The zero-order valence-electron chi connectivity index (χ0n) is 8.67. The van der Waals surface area contributed by atoms with Crippen LogP contribution in [0.5, 0.6) is 0 Å². The molecule has 4 N–H and O–H groups in total. The van der Waals surface area contributed by atoms with Crippen molar-refractivity contribution in [2.24, 2.45) is 0 Å². The van der Waals surface area contributed by atoms with Crippen LogP contribution in [0.3, 0.4) is 0 Å². The second-order valence-electron chi connectivity index (χ2n) is 4.11. The highest BCUT2D eigenvalue weighted by atomic mass is 16.3. The summed E-state index contributed by atoms with van der Waals surface area (Å²) in [5.41, 5.74) is -1.85. The molecule has 0 aliphatic rings. The average molecular weight is 191 g/mol. The monoisotopic (exact) mass is 191 g/mol. The van der Waals surface area contributed by atoms with Gasteiger partial charge in [0.15, 0.2) is 0 Å². The first kappa shape index (κ1) is 12.8. The van der Waals surface area contributed by atoms with E-state index in [4.69, 9.17) is 5.11 Å². The molecule has 0 spiro atoms. The van der Waals surface area contributed by atoms with Gasteiger partial charge in [-0.25, -0.2) is 0 Å². The zero-order chi connectivity index (χ0) is 10.5. The molecule has 0 fully saturated rings. The molecule has 0 rings (SSSR count). The Morgan fingerprint density at radius 2 is 1.54 bits per heavy atom. The van der Waals surface area contributed by atoms with Crippen LogP contribution in [0.15, 0.2) is 0 Å². The van der Waals surface area contributed by atoms with E-state index in [1.54, 1.807) is 13.8 Å². The summed E-state index contributed by atoms with van der Waals surface area (Å²) in [6.07, 6.45) is 0.654. The zero-order valence-corrected chi connectivity index (χ0v) is 8.67. The fourth-order valence-electron chi connectivity index (χ4n) is 0.782. The summed E-state index contributed by atoms with van der Waals surface area (Å²) in [5.74, 6) is 0. The lowest BCUT2D eigenvalue weighted by atomic mass is 10.0. The second kappa shape index (κ2) is 4.91. The molecule has 2 unspecified atom stereocenters. The maximum atomic E-state index is 9.59. The Hall–Kier alpha value is -0.160. The Balaban J connectivity index is 3.68. The van der Waals surface area contributed by atoms with Crippen LogP contribution < -0.4 is 5.32 Å². The van der Waals surface area contributed by atoms with Crippen molar-refractivity contribution in [3.8, 4) is 0 Å². The van der Waals surface area contributed by atoms with Gasteiger partial charge in [0.1, 0.15) is 0 Å². The van der Waals surface area contributed by atoms with E-state index in [9.17, 15) is 10.2 Å². The van der Waals surface area contributed by atoms with Crippen LogP contribution in [0, 0.1) is 0 Å². The Bertz CT molecular complexity index is 130. The van der Waals surface area contributed by atoms with Crippen molar-refractivity contribution in [2.45, 2.75) is 38.4 Å². The molecule has 0 aromatic heterocycles. The van der Waals surface area contributed by atoms with Crippen molar-refractivity contribution in [1.29, 1.82) is 0 Å². The Morgan fingerprint density at radius 1 is 1.08 bits per heavy atom. The van der Waals surface area contributed by atoms with Gasteiger partial charge >= 0.3 is 0 Å². The third-order valence-electron chi connectivity index (χ3n) is 2.11. The largest absolute Gasteiger partial charge is 0.393 e. The SMILES string of the molecule is CCC(C)(O)CNCC(C)(O)CO. The van der Waals surface area contributed by atoms with Crippen molar-refractivity contribution in [3.05, 3.63) is 0 Å². The molecular weight excluding hydrogens is 170 g/mol. The van der Waals surface area contributed by atoms with E-state index in [2.05, 4.69) is 5.32 Å². The summed E-state index contributed by atoms with van der Waals surface area (Å²) in [6.45, 7) is 5.58. The lowest BCUT2D eigenvalue weighted by Gasteiger charge is -2.26. The maximum Gasteiger partial charge on any atom is 0.0972 e. The van der Waals surface area contributed by atoms with Crippen molar-refractivity contribution < 1.29 is 15.3 Å². The summed E-state index contributed by atoms with van der Waals surface area (Å²) in [6, 6.07) is 0. The minimum Gasteiger partial charge on any atom is -0.393 e. The Labute approximate surface area is 79.6 Å². The third kappa shape index (κ3) is 5.99. The molecule has 0 heterocycles. The molecule has 4 nitrogen and oxygen atoms in total.